The molecule has 11 rings (SSSR count). The lowest BCUT2D eigenvalue weighted by molar-refractivity contribution is 0.768. The third-order valence-electron chi connectivity index (χ3n) is 12.4. The summed E-state index contributed by atoms with van der Waals surface area (Å²) in [5.74, 6) is 0. The van der Waals surface area contributed by atoms with E-state index >= 15 is 0 Å². The molecule has 57 heavy (non-hydrogen) atoms. The Labute approximate surface area is 334 Å². The standard InChI is InChI=1S/C56H39N/c1-5-19-40(20-6-1)55(41-21-7-2-8-22-41)53-32-18-15-29-49(53)50-39-46(37-38-54(50)55)57(44-25-11-4-12-26-44)45-35-33-43(34-36-45)56(42-23-9-3-10-24-42)51-30-16-13-27-47(51)48-28-14-17-31-52(48)56/h1-39H. The average Bonchev–Trinajstić information content (AvgIpc) is 3.77. The van der Waals surface area contributed by atoms with Crippen LogP contribution >= 0.6 is 0 Å². The predicted octanol–water partition coefficient (Wildman–Crippen LogP) is 13.9. The third kappa shape index (κ3) is 4.82. The van der Waals surface area contributed by atoms with Crippen LogP contribution in [0.1, 0.15) is 44.5 Å². The molecule has 1 heteroatoms. The molecule has 0 atom stereocenters. The van der Waals surface area contributed by atoms with Gasteiger partial charge in [0.1, 0.15) is 0 Å². The zero-order valence-corrected chi connectivity index (χ0v) is 31.5. The van der Waals surface area contributed by atoms with E-state index in [1.54, 1.807) is 0 Å². The number of rotatable bonds is 7. The van der Waals surface area contributed by atoms with E-state index < -0.39 is 10.8 Å². The number of para-hydroxylation sites is 1. The summed E-state index contributed by atoms with van der Waals surface area (Å²) in [7, 11) is 0. The first-order valence-corrected chi connectivity index (χ1v) is 19.9. The Morgan fingerprint density at radius 1 is 0.228 bits per heavy atom. The van der Waals surface area contributed by atoms with E-state index in [1.165, 1.54) is 66.8 Å². The average molecular weight is 726 g/mol. The molecule has 0 spiro atoms. The molecule has 0 N–H and O–H groups in total. The lowest BCUT2D eigenvalue weighted by Gasteiger charge is -2.35. The van der Waals surface area contributed by atoms with Crippen LogP contribution in [0.2, 0.25) is 0 Å². The van der Waals surface area contributed by atoms with Crippen molar-refractivity contribution < 1.29 is 0 Å². The molecule has 0 aromatic heterocycles. The molecule has 2 aliphatic carbocycles. The summed E-state index contributed by atoms with van der Waals surface area (Å²) in [6.45, 7) is 0. The van der Waals surface area contributed by atoms with Gasteiger partial charge in [0.2, 0.25) is 0 Å². The summed E-state index contributed by atoms with van der Waals surface area (Å²) < 4.78 is 0. The summed E-state index contributed by atoms with van der Waals surface area (Å²) in [4.78, 5) is 2.41. The number of hydrogen-bond donors (Lipinski definition) is 0. The topological polar surface area (TPSA) is 3.24 Å². The van der Waals surface area contributed by atoms with Gasteiger partial charge in [-0.25, -0.2) is 0 Å². The monoisotopic (exact) mass is 725 g/mol. The number of anilines is 3. The maximum absolute atomic E-state index is 2.41. The predicted molar refractivity (Wildman–Crippen MR) is 236 cm³/mol. The van der Waals surface area contributed by atoms with Gasteiger partial charge in [0.15, 0.2) is 0 Å². The van der Waals surface area contributed by atoms with Gasteiger partial charge in [-0.1, -0.05) is 200 Å². The van der Waals surface area contributed by atoms with Crippen molar-refractivity contribution in [3.05, 3.63) is 281 Å². The van der Waals surface area contributed by atoms with Crippen LogP contribution in [-0.4, -0.2) is 0 Å². The maximum Gasteiger partial charge on any atom is 0.0713 e. The van der Waals surface area contributed by atoms with Crippen LogP contribution in [0.25, 0.3) is 22.3 Å². The minimum absolute atomic E-state index is 0.439. The highest BCUT2D eigenvalue weighted by Crippen LogP contribution is 2.58. The zero-order valence-electron chi connectivity index (χ0n) is 31.5. The highest BCUT2D eigenvalue weighted by Gasteiger charge is 2.47. The van der Waals surface area contributed by atoms with Crippen molar-refractivity contribution in [3.63, 3.8) is 0 Å². The second kappa shape index (κ2) is 13.2. The van der Waals surface area contributed by atoms with Gasteiger partial charge in [-0.15, -0.1) is 0 Å². The minimum Gasteiger partial charge on any atom is -0.310 e. The van der Waals surface area contributed by atoms with Gasteiger partial charge in [-0.2, -0.15) is 0 Å². The molecule has 0 fully saturated rings. The largest absolute Gasteiger partial charge is 0.310 e. The Kier molecular flexibility index (Phi) is 7.69. The Morgan fingerprint density at radius 3 is 1.00 bits per heavy atom. The van der Waals surface area contributed by atoms with Gasteiger partial charge in [0.25, 0.3) is 0 Å². The van der Waals surface area contributed by atoms with Crippen molar-refractivity contribution in [2.24, 2.45) is 0 Å². The van der Waals surface area contributed by atoms with Crippen LogP contribution in [0.3, 0.4) is 0 Å². The van der Waals surface area contributed by atoms with Gasteiger partial charge in [-0.3, -0.25) is 0 Å². The summed E-state index contributed by atoms with van der Waals surface area (Å²) in [5, 5.41) is 0. The Bertz CT molecular complexity index is 2790. The highest BCUT2D eigenvalue weighted by molar-refractivity contribution is 5.91. The molecule has 9 aromatic rings. The number of fused-ring (bicyclic) bond motifs is 6. The summed E-state index contributed by atoms with van der Waals surface area (Å²) >= 11 is 0. The molecule has 1 nitrogen and oxygen atoms in total. The van der Waals surface area contributed by atoms with Gasteiger partial charge in [0, 0.05) is 17.1 Å². The van der Waals surface area contributed by atoms with Crippen molar-refractivity contribution in [1.29, 1.82) is 0 Å². The summed E-state index contributed by atoms with van der Waals surface area (Å²) in [6, 6.07) is 87.2. The van der Waals surface area contributed by atoms with Crippen LogP contribution < -0.4 is 4.90 Å². The molecule has 0 bridgehead atoms. The SMILES string of the molecule is c1ccc(N(c2ccc(C3(c4ccccc4)c4ccccc4-c4ccccc43)cc2)c2ccc3c(c2)-c2ccccc2C3(c2ccccc2)c2ccccc2)cc1. The first kappa shape index (κ1) is 33.1. The van der Waals surface area contributed by atoms with Crippen LogP contribution in [0.15, 0.2) is 237 Å². The fourth-order valence-corrected chi connectivity index (χ4v) is 10.2. The molecule has 0 unspecified atom stereocenters. The van der Waals surface area contributed by atoms with Crippen molar-refractivity contribution in [2.45, 2.75) is 10.8 Å². The van der Waals surface area contributed by atoms with E-state index in [4.69, 9.17) is 0 Å². The Hall–Kier alpha value is -7.22. The molecule has 268 valence electrons. The van der Waals surface area contributed by atoms with Crippen LogP contribution in [0, 0.1) is 0 Å². The molecular formula is C56H39N. The van der Waals surface area contributed by atoms with Crippen molar-refractivity contribution in [1.82, 2.24) is 0 Å². The number of nitrogens with zero attached hydrogens (tertiary/aromatic N) is 1. The molecular weight excluding hydrogens is 687 g/mol. The second-order valence-corrected chi connectivity index (χ2v) is 15.2. The molecule has 0 amide bonds. The maximum atomic E-state index is 2.41. The van der Waals surface area contributed by atoms with E-state index in [1.807, 2.05) is 0 Å². The van der Waals surface area contributed by atoms with Gasteiger partial charge < -0.3 is 4.90 Å². The van der Waals surface area contributed by atoms with E-state index in [-0.39, 0.29) is 0 Å². The van der Waals surface area contributed by atoms with E-state index in [2.05, 4.69) is 241 Å². The zero-order chi connectivity index (χ0) is 37.8. The van der Waals surface area contributed by atoms with Crippen molar-refractivity contribution in [3.8, 4) is 22.3 Å². The summed E-state index contributed by atoms with van der Waals surface area (Å²) in [5.41, 5.74) is 17.9. The van der Waals surface area contributed by atoms with Crippen LogP contribution in [0.4, 0.5) is 17.1 Å². The molecule has 0 radical (unpaired) electrons. The lowest BCUT2D eigenvalue weighted by Crippen LogP contribution is -2.28. The molecule has 0 saturated carbocycles. The normalized spacial score (nSPS) is 13.9. The lowest BCUT2D eigenvalue weighted by atomic mass is 9.67. The quantitative estimate of drug-likeness (QED) is 0.158. The Morgan fingerprint density at radius 2 is 0.544 bits per heavy atom. The first-order valence-electron chi connectivity index (χ1n) is 19.9. The highest BCUT2D eigenvalue weighted by atomic mass is 15.1. The molecule has 9 aromatic carbocycles. The number of hydrogen-bond acceptors (Lipinski definition) is 1. The Balaban J connectivity index is 1.10. The van der Waals surface area contributed by atoms with Crippen LogP contribution in [-0.2, 0) is 10.8 Å². The molecule has 0 aliphatic heterocycles. The number of benzene rings is 9. The summed E-state index contributed by atoms with van der Waals surface area (Å²) in [6.07, 6.45) is 0. The second-order valence-electron chi connectivity index (χ2n) is 15.2. The van der Waals surface area contributed by atoms with Gasteiger partial charge >= 0.3 is 0 Å². The van der Waals surface area contributed by atoms with Crippen molar-refractivity contribution in [2.75, 3.05) is 4.90 Å². The molecule has 0 saturated heterocycles. The van der Waals surface area contributed by atoms with Crippen molar-refractivity contribution >= 4 is 17.1 Å². The fraction of sp³-hybridized carbons (Fsp3) is 0.0357. The van der Waals surface area contributed by atoms with Gasteiger partial charge in [-0.05, 0) is 103 Å². The van der Waals surface area contributed by atoms with E-state index in [9.17, 15) is 0 Å². The van der Waals surface area contributed by atoms with Gasteiger partial charge in [0.05, 0.1) is 10.8 Å². The third-order valence-corrected chi connectivity index (χ3v) is 12.4. The van der Waals surface area contributed by atoms with E-state index in [0.29, 0.717) is 0 Å². The molecule has 0 heterocycles. The fourth-order valence-electron chi connectivity index (χ4n) is 10.2. The van der Waals surface area contributed by atoms with E-state index in [0.717, 1.165) is 17.1 Å². The minimum atomic E-state index is -0.444. The van der Waals surface area contributed by atoms with Crippen LogP contribution in [0.5, 0.6) is 0 Å². The smallest absolute Gasteiger partial charge is 0.0713 e. The molecule has 2 aliphatic rings. The first-order chi connectivity index (χ1) is 28.3.